The van der Waals surface area contributed by atoms with Crippen molar-refractivity contribution in [2.24, 2.45) is 0 Å². The van der Waals surface area contributed by atoms with E-state index in [4.69, 9.17) is 14.4 Å². The van der Waals surface area contributed by atoms with Crippen LogP contribution in [0.15, 0.2) is 174 Å². The quantitative estimate of drug-likeness (QED) is 0.183. The molecule has 10 aromatic rings. The van der Waals surface area contributed by atoms with Crippen molar-refractivity contribution in [2.75, 3.05) is 0 Å². The lowest BCUT2D eigenvalue weighted by Crippen LogP contribution is -1.96. The SMILES string of the molecule is c1ccc(-c2cccc(-c3nc(-c4ccccc4)cc(-c4ccc5c(c4)c4ccccc4c4ccc6oc7ccccc7c6c45)n3)c2)cc1. The fourth-order valence-corrected chi connectivity index (χ4v) is 7.37. The fourth-order valence-electron chi connectivity index (χ4n) is 7.37. The second-order valence-corrected chi connectivity index (χ2v) is 12.5. The molecule has 228 valence electrons. The van der Waals surface area contributed by atoms with E-state index in [9.17, 15) is 0 Å². The Bertz CT molecular complexity index is 2870. The average molecular weight is 625 g/mol. The van der Waals surface area contributed by atoms with E-state index in [0.717, 1.165) is 61.1 Å². The molecule has 0 atom stereocenters. The third-order valence-corrected chi connectivity index (χ3v) is 9.66. The molecule has 0 radical (unpaired) electrons. The summed E-state index contributed by atoms with van der Waals surface area (Å²) in [5.74, 6) is 0.698. The first-order chi connectivity index (χ1) is 24.3. The molecule has 3 nitrogen and oxygen atoms in total. The Morgan fingerprint density at radius 3 is 1.69 bits per heavy atom. The number of hydrogen-bond acceptors (Lipinski definition) is 3. The van der Waals surface area contributed by atoms with E-state index in [-0.39, 0.29) is 0 Å². The highest BCUT2D eigenvalue weighted by Crippen LogP contribution is 2.43. The predicted molar refractivity (Wildman–Crippen MR) is 204 cm³/mol. The molecule has 0 amide bonds. The minimum absolute atomic E-state index is 0.698. The van der Waals surface area contributed by atoms with Crippen molar-refractivity contribution in [3.63, 3.8) is 0 Å². The Labute approximate surface area is 282 Å². The van der Waals surface area contributed by atoms with Gasteiger partial charge in [0, 0.05) is 32.8 Å². The highest BCUT2D eigenvalue weighted by molar-refractivity contribution is 6.34. The number of nitrogens with zero attached hydrogens (tertiary/aromatic N) is 2. The van der Waals surface area contributed by atoms with Gasteiger partial charge in [0.2, 0.25) is 0 Å². The Kier molecular flexibility index (Phi) is 6.18. The van der Waals surface area contributed by atoms with Gasteiger partial charge in [-0.2, -0.15) is 0 Å². The van der Waals surface area contributed by atoms with Crippen molar-refractivity contribution < 1.29 is 4.42 Å². The van der Waals surface area contributed by atoms with Crippen molar-refractivity contribution in [1.29, 1.82) is 0 Å². The molecule has 0 aliphatic heterocycles. The van der Waals surface area contributed by atoms with Crippen molar-refractivity contribution in [2.45, 2.75) is 0 Å². The van der Waals surface area contributed by atoms with Crippen molar-refractivity contribution in [1.82, 2.24) is 9.97 Å². The number of rotatable bonds is 4. The van der Waals surface area contributed by atoms with Crippen LogP contribution in [0.1, 0.15) is 0 Å². The van der Waals surface area contributed by atoms with E-state index < -0.39 is 0 Å². The number of para-hydroxylation sites is 1. The molecule has 3 heteroatoms. The second-order valence-electron chi connectivity index (χ2n) is 12.5. The lowest BCUT2D eigenvalue weighted by Gasteiger charge is -2.14. The van der Waals surface area contributed by atoms with Crippen molar-refractivity contribution in [3.05, 3.63) is 170 Å². The minimum Gasteiger partial charge on any atom is -0.456 e. The van der Waals surface area contributed by atoms with Crippen LogP contribution in [0.2, 0.25) is 0 Å². The van der Waals surface area contributed by atoms with Gasteiger partial charge in [0.05, 0.1) is 11.4 Å². The zero-order chi connectivity index (χ0) is 32.3. The maximum absolute atomic E-state index is 6.34. The first kappa shape index (κ1) is 27.5. The Morgan fingerprint density at radius 1 is 0.306 bits per heavy atom. The van der Waals surface area contributed by atoms with Crippen LogP contribution >= 0.6 is 0 Å². The van der Waals surface area contributed by atoms with Crippen LogP contribution in [0.5, 0.6) is 0 Å². The summed E-state index contributed by atoms with van der Waals surface area (Å²) >= 11 is 0. The zero-order valence-electron chi connectivity index (χ0n) is 26.5. The summed E-state index contributed by atoms with van der Waals surface area (Å²) in [4.78, 5) is 10.4. The van der Waals surface area contributed by atoms with Gasteiger partial charge < -0.3 is 4.42 Å². The second kappa shape index (κ2) is 11.0. The van der Waals surface area contributed by atoms with Gasteiger partial charge in [-0.3, -0.25) is 0 Å². The largest absolute Gasteiger partial charge is 0.456 e. The van der Waals surface area contributed by atoms with E-state index in [2.05, 4.69) is 152 Å². The lowest BCUT2D eigenvalue weighted by molar-refractivity contribution is 0.669. The third-order valence-electron chi connectivity index (χ3n) is 9.66. The summed E-state index contributed by atoms with van der Waals surface area (Å²) in [5, 5.41) is 9.55. The molecule has 2 aromatic heterocycles. The molecule has 0 spiro atoms. The maximum Gasteiger partial charge on any atom is 0.160 e. The Hall–Kier alpha value is -6.58. The summed E-state index contributed by atoms with van der Waals surface area (Å²) in [7, 11) is 0. The molecule has 0 fully saturated rings. The van der Waals surface area contributed by atoms with Gasteiger partial charge in [-0.15, -0.1) is 0 Å². The summed E-state index contributed by atoms with van der Waals surface area (Å²) < 4.78 is 6.34. The van der Waals surface area contributed by atoms with Gasteiger partial charge >= 0.3 is 0 Å². The van der Waals surface area contributed by atoms with Gasteiger partial charge in [-0.25, -0.2) is 9.97 Å². The molecule has 49 heavy (non-hydrogen) atoms. The standard InChI is InChI=1S/C46H28N2O/c1-3-12-29(13-4-1)31-16-11-17-33(26-31)46-47-40(30-14-5-2-6-15-30)28-41(48-46)32-22-23-37-39(27-32)35-19-8-7-18-34(35)36-24-25-43-45(44(36)37)38-20-9-10-21-42(38)49-43/h1-28H. The first-order valence-corrected chi connectivity index (χ1v) is 16.6. The average Bonchev–Trinajstić information content (AvgIpc) is 3.57. The van der Waals surface area contributed by atoms with Crippen LogP contribution < -0.4 is 0 Å². The van der Waals surface area contributed by atoms with E-state index in [1.54, 1.807) is 0 Å². The molecule has 0 saturated heterocycles. The molecule has 8 aromatic carbocycles. The molecule has 10 rings (SSSR count). The maximum atomic E-state index is 6.34. The third kappa shape index (κ3) is 4.51. The molecule has 0 unspecified atom stereocenters. The van der Waals surface area contributed by atoms with Crippen LogP contribution in [-0.4, -0.2) is 9.97 Å². The summed E-state index contributed by atoms with van der Waals surface area (Å²) in [5.41, 5.74) is 8.95. The lowest BCUT2D eigenvalue weighted by atomic mass is 9.90. The van der Waals surface area contributed by atoms with Gasteiger partial charge in [-0.1, -0.05) is 133 Å². The predicted octanol–water partition coefficient (Wildman–Crippen LogP) is 12.5. The normalized spacial score (nSPS) is 11.7. The highest BCUT2D eigenvalue weighted by atomic mass is 16.3. The van der Waals surface area contributed by atoms with Gasteiger partial charge in [-0.05, 0) is 74.5 Å². The van der Waals surface area contributed by atoms with E-state index in [1.807, 2.05) is 18.2 Å². The number of furan rings is 1. The van der Waals surface area contributed by atoms with Gasteiger partial charge in [0.1, 0.15) is 11.2 Å². The molecule has 0 bridgehead atoms. The van der Waals surface area contributed by atoms with E-state index >= 15 is 0 Å². The number of aromatic nitrogens is 2. The molecule has 0 N–H and O–H groups in total. The highest BCUT2D eigenvalue weighted by Gasteiger charge is 2.18. The number of fused-ring (bicyclic) bond motifs is 10. The van der Waals surface area contributed by atoms with Crippen LogP contribution in [0.3, 0.4) is 0 Å². The van der Waals surface area contributed by atoms with Crippen molar-refractivity contribution in [3.8, 4) is 45.0 Å². The molecule has 0 saturated carbocycles. The summed E-state index contributed by atoms with van der Waals surface area (Å²) in [6.07, 6.45) is 0. The van der Waals surface area contributed by atoms with E-state index in [1.165, 1.54) is 32.3 Å². The number of hydrogen-bond donors (Lipinski definition) is 0. The monoisotopic (exact) mass is 624 g/mol. The van der Waals surface area contributed by atoms with Gasteiger partial charge in [0.15, 0.2) is 5.82 Å². The number of benzene rings is 8. The molecular formula is C46H28N2O. The minimum atomic E-state index is 0.698. The van der Waals surface area contributed by atoms with Crippen LogP contribution in [0, 0.1) is 0 Å². The summed E-state index contributed by atoms with van der Waals surface area (Å²) in [6.45, 7) is 0. The molecule has 0 aliphatic carbocycles. The topological polar surface area (TPSA) is 38.9 Å². The molecule has 2 heterocycles. The van der Waals surface area contributed by atoms with Gasteiger partial charge in [0.25, 0.3) is 0 Å². The Morgan fingerprint density at radius 2 is 0.898 bits per heavy atom. The smallest absolute Gasteiger partial charge is 0.160 e. The zero-order valence-corrected chi connectivity index (χ0v) is 26.5. The fraction of sp³-hybridized carbons (Fsp3) is 0. The van der Waals surface area contributed by atoms with Crippen molar-refractivity contribution >= 4 is 54.3 Å². The molecule has 0 aliphatic rings. The van der Waals surface area contributed by atoms with E-state index in [0.29, 0.717) is 5.82 Å². The summed E-state index contributed by atoms with van der Waals surface area (Å²) in [6, 6.07) is 59.6. The van der Waals surface area contributed by atoms with Crippen LogP contribution in [-0.2, 0) is 0 Å². The van der Waals surface area contributed by atoms with Crippen LogP contribution in [0.4, 0.5) is 0 Å². The Balaban J connectivity index is 1.23. The van der Waals surface area contributed by atoms with Crippen LogP contribution in [0.25, 0.3) is 99.3 Å². The first-order valence-electron chi connectivity index (χ1n) is 16.6. The molecular weight excluding hydrogens is 597 g/mol.